The lowest BCUT2D eigenvalue weighted by Crippen LogP contribution is -2.31. The van der Waals surface area contributed by atoms with Crippen LogP contribution < -0.4 is 0 Å². The quantitative estimate of drug-likeness (QED) is 0.126. The van der Waals surface area contributed by atoms with Crippen molar-refractivity contribution in [2.24, 2.45) is 0 Å². The molecule has 0 aliphatic carbocycles. The molecule has 1 unspecified atom stereocenters. The van der Waals surface area contributed by atoms with E-state index in [4.69, 9.17) is 4.74 Å². The van der Waals surface area contributed by atoms with Crippen molar-refractivity contribution < 1.29 is 29.3 Å². The number of aliphatic hydroxyl groups is 2. The van der Waals surface area contributed by atoms with Crippen LogP contribution in [0, 0.1) is 0 Å². The zero-order valence-electron chi connectivity index (χ0n) is 24.3. The molecule has 0 heterocycles. The Hall–Kier alpha value is -2.83. The molecule has 0 aliphatic rings. The van der Waals surface area contributed by atoms with Gasteiger partial charge in [-0.05, 0) is 51.3 Å². The van der Waals surface area contributed by atoms with Crippen LogP contribution in [0.4, 0.5) is 0 Å². The monoisotopic (exact) mass is 538 g/mol. The van der Waals surface area contributed by atoms with Gasteiger partial charge in [-0.15, -0.1) is 0 Å². The number of benzene rings is 2. The summed E-state index contributed by atoms with van der Waals surface area (Å²) >= 11 is 0. The molecular formula is C33H46O6. The first-order chi connectivity index (χ1) is 18.3. The Morgan fingerprint density at radius 3 is 1.74 bits per heavy atom. The van der Waals surface area contributed by atoms with E-state index < -0.39 is 28.9 Å². The van der Waals surface area contributed by atoms with Gasteiger partial charge in [-0.1, -0.05) is 101 Å². The lowest BCUT2D eigenvalue weighted by molar-refractivity contribution is -0.147. The molecule has 1 atom stereocenters. The molecule has 2 aromatic carbocycles. The third-order valence-corrected chi connectivity index (χ3v) is 6.77. The van der Waals surface area contributed by atoms with Crippen LogP contribution >= 0.6 is 0 Å². The summed E-state index contributed by atoms with van der Waals surface area (Å²) in [6.07, 6.45) is 9.83. The first-order valence-electron chi connectivity index (χ1n) is 14.3. The van der Waals surface area contributed by atoms with E-state index in [1.807, 2.05) is 0 Å². The maximum absolute atomic E-state index is 12.9. The number of hydrogen-bond acceptors (Lipinski definition) is 6. The Balaban J connectivity index is 2.15. The van der Waals surface area contributed by atoms with Gasteiger partial charge in [0.05, 0.1) is 0 Å². The van der Waals surface area contributed by atoms with Crippen molar-refractivity contribution in [2.75, 3.05) is 0 Å². The van der Waals surface area contributed by atoms with Gasteiger partial charge >= 0.3 is 5.97 Å². The smallest absolute Gasteiger partial charge is 0.306 e. The van der Waals surface area contributed by atoms with Crippen LogP contribution in [0.2, 0.25) is 0 Å². The highest BCUT2D eigenvalue weighted by molar-refractivity contribution is 6.02. The van der Waals surface area contributed by atoms with E-state index in [1.165, 1.54) is 66.2 Å². The second-order valence-corrected chi connectivity index (χ2v) is 11.5. The molecule has 0 spiro atoms. The molecule has 6 nitrogen and oxygen atoms in total. The second-order valence-electron chi connectivity index (χ2n) is 11.5. The number of Topliss-reactive ketones (excluding diaryl/α,β-unsaturated/α-hetero) is 2. The fourth-order valence-corrected chi connectivity index (χ4v) is 4.46. The van der Waals surface area contributed by atoms with Gasteiger partial charge in [0.1, 0.15) is 11.2 Å². The van der Waals surface area contributed by atoms with Crippen LogP contribution in [0.5, 0.6) is 0 Å². The van der Waals surface area contributed by atoms with Gasteiger partial charge in [0.2, 0.25) is 0 Å². The number of ether oxygens (including phenoxy) is 1. The number of carbonyl (C=O) groups is 3. The van der Waals surface area contributed by atoms with E-state index in [9.17, 15) is 24.6 Å². The molecule has 0 saturated carbocycles. The predicted molar refractivity (Wildman–Crippen MR) is 154 cm³/mol. The van der Waals surface area contributed by atoms with Crippen LogP contribution in [-0.4, -0.2) is 39.0 Å². The fourth-order valence-electron chi connectivity index (χ4n) is 4.46. The summed E-state index contributed by atoms with van der Waals surface area (Å²) in [5, 5.41) is 20.3. The molecule has 2 N–H and O–H groups in total. The van der Waals surface area contributed by atoms with Crippen molar-refractivity contribution in [3.05, 3.63) is 70.8 Å². The minimum Gasteiger partial charge on any atom is -0.453 e. The lowest BCUT2D eigenvalue weighted by Gasteiger charge is -2.22. The summed E-state index contributed by atoms with van der Waals surface area (Å²) in [6.45, 7) is 7.95. The highest BCUT2D eigenvalue weighted by atomic mass is 16.5. The molecule has 0 aliphatic heterocycles. The topological polar surface area (TPSA) is 101 Å². The van der Waals surface area contributed by atoms with Gasteiger partial charge in [0, 0.05) is 17.5 Å². The second kappa shape index (κ2) is 15.1. The summed E-state index contributed by atoms with van der Waals surface area (Å²) in [5.41, 5.74) is -1.16. The van der Waals surface area contributed by atoms with Gasteiger partial charge in [-0.2, -0.15) is 0 Å². The first-order valence-corrected chi connectivity index (χ1v) is 14.3. The lowest BCUT2D eigenvalue weighted by atomic mass is 9.92. The number of unbranched alkanes of at least 4 members (excludes halogenated alkanes) is 8. The van der Waals surface area contributed by atoms with Crippen molar-refractivity contribution in [2.45, 2.75) is 116 Å². The zero-order chi connectivity index (χ0) is 29.1. The average Bonchev–Trinajstić information content (AvgIpc) is 2.89. The highest BCUT2D eigenvalue weighted by Gasteiger charge is 2.28. The fraction of sp³-hybridized carbons (Fsp3) is 0.545. The molecule has 39 heavy (non-hydrogen) atoms. The number of rotatable bonds is 17. The molecule has 0 radical (unpaired) electrons. The zero-order valence-corrected chi connectivity index (χ0v) is 24.3. The van der Waals surface area contributed by atoms with Gasteiger partial charge in [-0.3, -0.25) is 14.4 Å². The van der Waals surface area contributed by atoms with Crippen molar-refractivity contribution in [1.29, 1.82) is 0 Å². The molecule has 0 bridgehead atoms. The van der Waals surface area contributed by atoms with Crippen molar-refractivity contribution in [1.82, 2.24) is 0 Å². The number of carbonyl (C=O) groups excluding carboxylic acids is 3. The number of esters is 1. The molecular weight excluding hydrogens is 492 g/mol. The maximum atomic E-state index is 12.9. The Labute approximate surface area is 233 Å². The number of ketones is 2. The summed E-state index contributed by atoms with van der Waals surface area (Å²) < 4.78 is 5.94. The van der Waals surface area contributed by atoms with Crippen molar-refractivity contribution in [3.63, 3.8) is 0 Å². The largest absolute Gasteiger partial charge is 0.453 e. The standard InChI is InChI=1S/C33H46O6/c1-6-7-8-9-10-11-12-13-14-18-28(34)39-29(24-19-21-25(22-20-24)30(35)32(2,3)37)26-16-15-17-27(23-26)31(36)33(4,5)38/h15-17,19-23,29,37-38H,6-14,18H2,1-5H3. The van der Waals surface area contributed by atoms with Gasteiger partial charge in [-0.25, -0.2) is 0 Å². The van der Waals surface area contributed by atoms with Crippen LogP contribution in [0.25, 0.3) is 0 Å². The SMILES string of the molecule is CCCCCCCCCCCC(=O)OC(c1ccc(C(=O)C(C)(C)O)cc1)c1cccc(C(=O)C(C)(C)O)c1. The molecule has 0 fully saturated rings. The Kier molecular flexibility index (Phi) is 12.5. The van der Waals surface area contributed by atoms with Gasteiger partial charge in [0.25, 0.3) is 0 Å². The molecule has 0 aromatic heterocycles. The van der Waals surface area contributed by atoms with Crippen molar-refractivity contribution in [3.8, 4) is 0 Å². The molecule has 6 heteroatoms. The first kappa shape index (κ1) is 32.4. The van der Waals surface area contributed by atoms with Crippen LogP contribution in [0.1, 0.15) is 137 Å². The average molecular weight is 539 g/mol. The number of hydrogen-bond donors (Lipinski definition) is 2. The minimum absolute atomic E-state index is 0.296. The summed E-state index contributed by atoms with van der Waals surface area (Å²) in [4.78, 5) is 38.0. The van der Waals surface area contributed by atoms with E-state index in [-0.39, 0.29) is 5.97 Å². The third kappa shape index (κ3) is 10.7. The molecule has 2 rings (SSSR count). The predicted octanol–water partition coefficient (Wildman–Crippen LogP) is 7.15. The normalized spacial score (nSPS) is 12.7. The Morgan fingerprint density at radius 1 is 0.692 bits per heavy atom. The van der Waals surface area contributed by atoms with Crippen LogP contribution in [0.15, 0.2) is 48.5 Å². The molecule has 2 aromatic rings. The molecule has 0 saturated heterocycles. The Bertz CT molecular complexity index is 1070. The van der Waals surface area contributed by atoms with E-state index >= 15 is 0 Å². The summed E-state index contributed by atoms with van der Waals surface area (Å²) in [6, 6.07) is 13.3. The Morgan fingerprint density at radius 2 is 1.21 bits per heavy atom. The molecule has 0 amide bonds. The maximum Gasteiger partial charge on any atom is 0.306 e. The van der Waals surface area contributed by atoms with Crippen LogP contribution in [0.3, 0.4) is 0 Å². The summed E-state index contributed by atoms with van der Waals surface area (Å²) in [5.74, 6) is -1.18. The summed E-state index contributed by atoms with van der Waals surface area (Å²) in [7, 11) is 0. The van der Waals surface area contributed by atoms with Gasteiger partial charge < -0.3 is 14.9 Å². The van der Waals surface area contributed by atoms with E-state index in [2.05, 4.69) is 6.92 Å². The van der Waals surface area contributed by atoms with Gasteiger partial charge in [0.15, 0.2) is 17.7 Å². The van der Waals surface area contributed by atoms with E-state index in [0.29, 0.717) is 28.7 Å². The molecule has 214 valence electrons. The van der Waals surface area contributed by atoms with E-state index in [1.54, 1.807) is 48.5 Å². The van der Waals surface area contributed by atoms with Crippen molar-refractivity contribution >= 4 is 17.5 Å². The highest BCUT2D eigenvalue weighted by Crippen LogP contribution is 2.29. The minimum atomic E-state index is -1.54. The van der Waals surface area contributed by atoms with Crippen LogP contribution in [-0.2, 0) is 9.53 Å². The van der Waals surface area contributed by atoms with E-state index in [0.717, 1.165) is 19.3 Å². The third-order valence-electron chi connectivity index (χ3n) is 6.77.